The Morgan fingerprint density at radius 3 is 2.77 bits per heavy atom. The first-order valence-corrected chi connectivity index (χ1v) is 7.51. The van der Waals surface area contributed by atoms with Crippen molar-refractivity contribution < 1.29 is 14.3 Å². The SMILES string of the molecule is C=Cc1ncc(OC[C@@H]2CCN2C(=O)OC(C)(C)C)cc1C. The van der Waals surface area contributed by atoms with Crippen LogP contribution in [0, 0.1) is 6.92 Å². The number of hydrogen-bond donors (Lipinski definition) is 0. The highest BCUT2D eigenvalue weighted by Crippen LogP contribution is 2.23. The van der Waals surface area contributed by atoms with Crippen molar-refractivity contribution in [2.24, 2.45) is 0 Å². The monoisotopic (exact) mass is 304 g/mol. The number of carbonyl (C=O) groups is 1. The number of aryl methyl sites for hydroxylation is 1. The molecule has 1 aliphatic rings. The molecule has 1 fully saturated rings. The van der Waals surface area contributed by atoms with Crippen molar-refractivity contribution in [1.82, 2.24) is 9.88 Å². The lowest BCUT2D eigenvalue weighted by atomic mass is 10.1. The Balaban J connectivity index is 1.88. The van der Waals surface area contributed by atoms with Gasteiger partial charge < -0.3 is 14.4 Å². The van der Waals surface area contributed by atoms with E-state index < -0.39 is 5.60 Å². The van der Waals surface area contributed by atoms with Crippen LogP contribution in [0.5, 0.6) is 5.75 Å². The van der Waals surface area contributed by atoms with E-state index in [1.807, 2.05) is 33.8 Å². The molecular formula is C17H24N2O3. The second-order valence-corrected chi connectivity index (χ2v) is 6.50. The normalized spacial score (nSPS) is 17.6. The number of amides is 1. The molecule has 1 amide bonds. The molecular weight excluding hydrogens is 280 g/mol. The molecule has 0 bridgehead atoms. The Morgan fingerprint density at radius 1 is 1.55 bits per heavy atom. The maximum atomic E-state index is 12.0. The van der Waals surface area contributed by atoms with Gasteiger partial charge in [-0.1, -0.05) is 6.58 Å². The summed E-state index contributed by atoms with van der Waals surface area (Å²) in [5, 5.41) is 0. The van der Waals surface area contributed by atoms with Crippen molar-refractivity contribution in [3.8, 4) is 5.75 Å². The van der Waals surface area contributed by atoms with Gasteiger partial charge in [0.15, 0.2) is 0 Å². The Labute approximate surface area is 131 Å². The molecule has 5 heteroatoms. The molecule has 120 valence electrons. The van der Waals surface area contributed by atoms with Crippen LogP contribution in [0.4, 0.5) is 4.79 Å². The lowest BCUT2D eigenvalue weighted by Gasteiger charge is -2.40. The average molecular weight is 304 g/mol. The van der Waals surface area contributed by atoms with Gasteiger partial charge in [0.25, 0.3) is 0 Å². The van der Waals surface area contributed by atoms with Gasteiger partial charge in [0.05, 0.1) is 17.9 Å². The fraction of sp³-hybridized carbons (Fsp3) is 0.529. The third kappa shape index (κ3) is 4.00. The minimum absolute atomic E-state index is 0.0641. The zero-order valence-corrected chi connectivity index (χ0v) is 13.8. The summed E-state index contributed by atoms with van der Waals surface area (Å²) >= 11 is 0. The number of pyridine rings is 1. The van der Waals surface area contributed by atoms with Crippen LogP contribution in [0.2, 0.25) is 0 Å². The largest absolute Gasteiger partial charge is 0.490 e. The fourth-order valence-electron chi connectivity index (χ4n) is 2.22. The van der Waals surface area contributed by atoms with Crippen molar-refractivity contribution in [2.75, 3.05) is 13.2 Å². The van der Waals surface area contributed by atoms with E-state index in [-0.39, 0.29) is 12.1 Å². The van der Waals surface area contributed by atoms with E-state index in [0.717, 1.165) is 24.2 Å². The van der Waals surface area contributed by atoms with Crippen molar-refractivity contribution in [3.05, 3.63) is 30.1 Å². The van der Waals surface area contributed by atoms with Crippen LogP contribution in [0.1, 0.15) is 38.4 Å². The number of likely N-dealkylation sites (tertiary alicyclic amines) is 1. The van der Waals surface area contributed by atoms with Crippen molar-refractivity contribution >= 4 is 12.2 Å². The van der Waals surface area contributed by atoms with Crippen LogP contribution in [0.15, 0.2) is 18.8 Å². The summed E-state index contributed by atoms with van der Waals surface area (Å²) < 4.78 is 11.1. The Morgan fingerprint density at radius 2 is 2.27 bits per heavy atom. The quantitative estimate of drug-likeness (QED) is 0.855. The molecule has 0 aliphatic carbocycles. The molecule has 0 unspecified atom stereocenters. The van der Waals surface area contributed by atoms with E-state index in [2.05, 4.69) is 11.6 Å². The van der Waals surface area contributed by atoms with Gasteiger partial charge in [-0.2, -0.15) is 0 Å². The molecule has 1 atom stereocenters. The van der Waals surface area contributed by atoms with E-state index in [9.17, 15) is 4.79 Å². The molecule has 1 saturated heterocycles. The first kappa shape index (κ1) is 16.3. The maximum Gasteiger partial charge on any atom is 0.410 e. The van der Waals surface area contributed by atoms with Crippen molar-refractivity contribution in [1.29, 1.82) is 0 Å². The van der Waals surface area contributed by atoms with Crippen LogP contribution < -0.4 is 4.74 Å². The van der Waals surface area contributed by atoms with Crippen LogP contribution in [0.25, 0.3) is 6.08 Å². The number of nitrogens with zero attached hydrogens (tertiary/aromatic N) is 2. The number of carbonyl (C=O) groups excluding carboxylic acids is 1. The molecule has 0 aromatic carbocycles. The Bertz CT molecular complexity index is 564. The Kier molecular flexibility index (Phi) is 4.74. The molecule has 0 spiro atoms. The standard InChI is InChI=1S/C17H24N2O3/c1-6-15-12(2)9-14(10-18-15)21-11-13-7-8-19(13)16(20)22-17(3,4)5/h6,9-10,13H,1,7-8,11H2,2-5H3/t13-/m0/s1. The molecule has 1 aromatic rings. The predicted octanol–water partition coefficient (Wildman–Crippen LogP) is 3.42. The molecule has 0 saturated carbocycles. The van der Waals surface area contributed by atoms with E-state index in [1.165, 1.54) is 0 Å². The minimum atomic E-state index is -0.473. The van der Waals surface area contributed by atoms with Gasteiger partial charge in [-0.25, -0.2) is 4.79 Å². The van der Waals surface area contributed by atoms with Crippen LogP contribution in [-0.2, 0) is 4.74 Å². The van der Waals surface area contributed by atoms with Crippen molar-refractivity contribution in [3.63, 3.8) is 0 Å². The van der Waals surface area contributed by atoms with Crippen LogP contribution >= 0.6 is 0 Å². The lowest BCUT2D eigenvalue weighted by molar-refractivity contribution is -0.0141. The number of rotatable bonds is 4. The van der Waals surface area contributed by atoms with Gasteiger partial charge in [0, 0.05) is 6.54 Å². The van der Waals surface area contributed by atoms with Gasteiger partial charge in [0.1, 0.15) is 18.0 Å². The molecule has 0 radical (unpaired) electrons. The van der Waals surface area contributed by atoms with Gasteiger partial charge in [0.2, 0.25) is 0 Å². The molecule has 22 heavy (non-hydrogen) atoms. The summed E-state index contributed by atoms with van der Waals surface area (Å²) in [6.45, 7) is 12.5. The van der Waals surface area contributed by atoms with E-state index in [0.29, 0.717) is 12.4 Å². The molecule has 1 aromatic heterocycles. The topological polar surface area (TPSA) is 51.7 Å². The molecule has 2 heterocycles. The smallest absolute Gasteiger partial charge is 0.410 e. The summed E-state index contributed by atoms with van der Waals surface area (Å²) in [6.07, 6.45) is 4.05. The van der Waals surface area contributed by atoms with Gasteiger partial charge in [-0.05, 0) is 51.8 Å². The summed E-state index contributed by atoms with van der Waals surface area (Å²) in [4.78, 5) is 18.0. The van der Waals surface area contributed by atoms with E-state index >= 15 is 0 Å². The van der Waals surface area contributed by atoms with Gasteiger partial charge in [-0.15, -0.1) is 0 Å². The molecule has 1 aliphatic heterocycles. The third-order valence-electron chi connectivity index (χ3n) is 3.50. The fourth-order valence-corrected chi connectivity index (χ4v) is 2.22. The summed E-state index contributed by atoms with van der Waals surface area (Å²) in [6, 6.07) is 2.00. The van der Waals surface area contributed by atoms with Crippen LogP contribution in [-0.4, -0.2) is 40.8 Å². The number of ether oxygens (including phenoxy) is 2. The van der Waals surface area contributed by atoms with E-state index in [1.54, 1.807) is 17.2 Å². The molecule has 5 nitrogen and oxygen atoms in total. The zero-order valence-electron chi connectivity index (χ0n) is 13.8. The first-order valence-electron chi connectivity index (χ1n) is 7.51. The second-order valence-electron chi connectivity index (χ2n) is 6.50. The second kappa shape index (κ2) is 6.38. The summed E-state index contributed by atoms with van der Waals surface area (Å²) in [5.74, 6) is 0.708. The summed E-state index contributed by atoms with van der Waals surface area (Å²) in [5.41, 5.74) is 1.40. The number of hydrogen-bond acceptors (Lipinski definition) is 4. The van der Waals surface area contributed by atoms with Gasteiger partial charge >= 0.3 is 6.09 Å². The highest BCUT2D eigenvalue weighted by Gasteiger charge is 2.35. The summed E-state index contributed by atoms with van der Waals surface area (Å²) in [7, 11) is 0. The number of aromatic nitrogens is 1. The highest BCUT2D eigenvalue weighted by atomic mass is 16.6. The zero-order chi connectivity index (χ0) is 16.3. The maximum absolute atomic E-state index is 12.0. The van der Waals surface area contributed by atoms with Crippen LogP contribution in [0.3, 0.4) is 0 Å². The Hall–Kier alpha value is -2.04. The van der Waals surface area contributed by atoms with Crippen molar-refractivity contribution in [2.45, 2.75) is 45.8 Å². The molecule has 0 N–H and O–H groups in total. The van der Waals surface area contributed by atoms with Gasteiger partial charge in [-0.3, -0.25) is 4.98 Å². The first-order chi connectivity index (χ1) is 10.3. The lowest BCUT2D eigenvalue weighted by Crippen LogP contribution is -2.55. The third-order valence-corrected chi connectivity index (χ3v) is 3.50. The van der Waals surface area contributed by atoms with E-state index in [4.69, 9.17) is 9.47 Å². The minimum Gasteiger partial charge on any atom is -0.490 e. The highest BCUT2D eigenvalue weighted by molar-refractivity contribution is 5.69. The molecule has 2 rings (SSSR count). The average Bonchev–Trinajstić information content (AvgIpc) is 2.35. The predicted molar refractivity (Wildman–Crippen MR) is 85.9 cm³/mol.